The molecule has 6 heteroatoms. The molecule has 0 amide bonds. The van der Waals surface area contributed by atoms with Gasteiger partial charge in [0, 0.05) is 0 Å². The van der Waals surface area contributed by atoms with Crippen LogP contribution in [0.4, 0.5) is 5.82 Å². The Kier molecular flexibility index (Phi) is 2.50. The summed E-state index contributed by atoms with van der Waals surface area (Å²) < 4.78 is 11.4. The Morgan fingerprint density at radius 1 is 1.18 bits per heavy atom. The highest BCUT2D eigenvalue weighted by Crippen LogP contribution is 2.37. The van der Waals surface area contributed by atoms with Crippen molar-refractivity contribution in [2.45, 2.75) is 0 Å². The third kappa shape index (κ3) is 1.78. The molecule has 0 bridgehead atoms. The van der Waals surface area contributed by atoms with Crippen molar-refractivity contribution in [1.29, 1.82) is 0 Å². The van der Waals surface area contributed by atoms with E-state index < -0.39 is 0 Å². The van der Waals surface area contributed by atoms with Gasteiger partial charge >= 0.3 is 0 Å². The molecule has 0 saturated heterocycles. The Bertz CT molecular complexity index is 569. The number of rotatable bonds is 1. The molecule has 1 aromatic carbocycles. The summed E-state index contributed by atoms with van der Waals surface area (Å²) in [7, 11) is 0. The van der Waals surface area contributed by atoms with E-state index in [4.69, 9.17) is 15.2 Å². The summed E-state index contributed by atoms with van der Waals surface area (Å²) in [6, 6.07) is 5.67. The quantitative estimate of drug-likeness (QED) is 0.635. The second-order valence-corrected chi connectivity index (χ2v) is 4.51. The third-order valence-electron chi connectivity index (χ3n) is 2.49. The molecule has 0 unspecified atom stereocenters. The maximum Gasteiger partial charge on any atom is 0.231 e. The predicted octanol–water partition coefficient (Wildman–Crippen LogP) is 2.06. The van der Waals surface area contributed by atoms with Gasteiger partial charge in [0.15, 0.2) is 11.5 Å². The molecule has 86 valence electrons. The number of benzene rings is 1. The molecular weight excluding hydrogens is 333 g/mol. The van der Waals surface area contributed by atoms with Crippen LogP contribution in [0.15, 0.2) is 24.5 Å². The summed E-state index contributed by atoms with van der Waals surface area (Å²) in [4.78, 5) is 8.13. The summed E-state index contributed by atoms with van der Waals surface area (Å²) in [5.41, 5.74) is 7.62. The number of aromatic nitrogens is 2. The number of halogens is 1. The lowest BCUT2D eigenvalue weighted by atomic mass is 10.1. The molecule has 0 spiro atoms. The first-order valence-corrected chi connectivity index (χ1v) is 5.99. The SMILES string of the molecule is Nc1ncnc(I)c1-c1ccc2c(c1)OCO2. The van der Waals surface area contributed by atoms with Gasteiger partial charge in [-0.25, -0.2) is 9.97 Å². The van der Waals surface area contributed by atoms with Crippen LogP contribution in [0.2, 0.25) is 0 Å². The summed E-state index contributed by atoms with van der Waals surface area (Å²) in [6.45, 7) is 0.261. The van der Waals surface area contributed by atoms with E-state index in [1.54, 1.807) is 0 Å². The second kappa shape index (κ2) is 4.02. The molecule has 2 heterocycles. The fourth-order valence-corrected chi connectivity index (χ4v) is 2.41. The molecule has 1 aliphatic heterocycles. The summed E-state index contributed by atoms with van der Waals surface area (Å²) in [5.74, 6) is 1.93. The molecule has 1 aromatic heterocycles. The van der Waals surface area contributed by atoms with Gasteiger partial charge in [-0.1, -0.05) is 6.07 Å². The highest BCUT2D eigenvalue weighted by molar-refractivity contribution is 14.1. The number of hydrogen-bond acceptors (Lipinski definition) is 5. The minimum Gasteiger partial charge on any atom is -0.454 e. The van der Waals surface area contributed by atoms with Crippen LogP contribution >= 0.6 is 22.6 Å². The largest absolute Gasteiger partial charge is 0.454 e. The smallest absolute Gasteiger partial charge is 0.231 e. The molecule has 0 aliphatic carbocycles. The van der Waals surface area contributed by atoms with Crippen molar-refractivity contribution >= 4 is 28.4 Å². The minimum atomic E-state index is 0.261. The fourth-order valence-electron chi connectivity index (χ4n) is 1.70. The van der Waals surface area contributed by atoms with E-state index in [0.29, 0.717) is 5.82 Å². The first-order valence-electron chi connectivity index (χ1n) is 4.91. The zero-order chi connectivity index (χ0) is 11.8. The number of anilines is 1. The van der Waals surface area contributed by atoms with Crippen molar-refractivity contribution in [3.8, 4) is 22.6 Å². The maximum atomic E-state index is 5.87. The van der Waals surface area contributed by atoms with Gasteiger partial charge in [0.05, 0.1) is 5.56 Å². The molecule has 0 radical (unpaired) electrons. The molecule has 2 aromatic rings. The van der Waals surface area contributed by atoms with Gasteiger partial charge in [-0.15, -0.1) is 0 Å². The number of ether oxygens (including phenoxy) is 2. The standard InChI is InChI=1S/C11H8IN3O2/c12-10-9(11(13)15-4-14-10)6-1-2-7-8(3-6)17-5-16-7/h1-4H,5H2,(H2,13,14,15). The van der Waals surface area contributed by atoms with Crippen LogP contribution in [-0.2, 0) is 0 Å². The maximum absolute atomic E-state index is 5.87. The molecular formula is C11H8IN3O2. The molecule has 0 saturated carbocycles. The average molecular weight is 341 g/mol. The monoisotopic (exact) mass is 341 g/mol. The number of nitrogens with zero attached hydrogens (tertiary/aromatic N) is 2. The van der Waals surface area contributed by atoms with E-state index in [2.05, 4.69) is 32.6 Å². The molecule has 3 rings (SSSR count). The van der Waals surface area contributed by atoms with Crippen molar-refractivity contribution in [3.05, 3.63) is 28.2 Å². The molecule has 17 heavy (non-hydrogen) atoms. The normalized spacial score (nSPS) is 12.8. The van der Waals surface area contributed by atoms with Crippen LogP contribution in [0.25, 0.3) is 11.1 Å². The third-order valence-corrected chi connectivity index (χ3v) is 3.31. The first kappa shape index (κ1) is 10.6. The van der Waals surface area contributed by atoms with Gasteiger partial charge in [0.1, 0.15) is 15.8 Å². The topological polar surface area (TPSA) is 70.3 Å². The van der Waals surface area contributed by atoms with Crippen LogP contribution in [-0.4, -0.2) is 16.8 Å². The van der Waals surface area contributed by atoms with E-state index in [1.807, 2.05) is 18.2 Å². The van der Waals surface area contributed by atoms with Crippen LogP contribution in [0, 0.1) is 3.70 Å². The van der Waals surface area contributed by atoms with E-state index in [0.717, 1.165) is 26.3 Å². The van der Waals surface area contributed by atoms with Crippen molar-refractivity contribution in [2.75, 3.05) is 12.5 Å². The highest BCUT2D eigenvalue weighted by atomic mass is 127. The number of nitrogens with two attached hydrogens (primary N) is 1. The van der Waals surface area contributed by atoms with Crippen LogP contribution in [0.5, 0.6) is 11.5 Å². The number of nitrogen functional groups attached to an aromatic ring is 1. The van der Waals surface area contributed by atoms with E-state index in [9.17, 15) is 0 Å². The van der Waals surface area contributed by atoms with Gasteiger partial charge in [-0.05, 0) is 40.3 Å². The zero-order valence-corrected chi connectivity index (χ0v) is 10.8. The van der Waals surface area contributed by atoms with E-state index >= 15 is 0 Å². The van der Waals surface area contributed by atoms with Gasteiger partial charge in [0.25, 0.3) is 0 Å². The lowest BCUT2D eigenvalue weighted by molar-refractivity contribution is 0.174. The molecule has 0 fully saturated rings. The van der Waals surface area contributed by atoms with Gasteiger partial charge in [-0.2, -0.15) is 0 Å². The highest BCUT2D eigenvalue weighted by Gasteiger charge is 2.16. The van der Waals surface area contributed by atoms with E-state index in [-0.39, 0.29) is 6.79 Å². The molecule has 2 N–H and O–H groups in total. The van der Waals surface area contributed by atoms with Crippen LogP contribution in [0.3, 0.4) is 0 Å². The Balaban J connectivity index is 2.16. The minimum absolute atomic E-state index is 0.261. The Morgan fingerprint density at radius 3 is 2.82 bits per heavy atom. The predicted molar refractivity (Wildman–Crippen MR) is 70.7 cm³/mol. The Morgan fingerprint density at radius 2 is 2.00 bits per heavy atom. The first-order chi connectivity index (χ1) is 8.25. The van der Waals surface area contributed by atoms with Crippen LogP contribution < -0.4 is 15.2 Å². The molecule has 5 nitrogen and oxygen atoms in total. The van der Waals surface area contributed by atoms with Crippen molar-refractivity contribution in [2.24, 2.45) is 0 Å². The Labute approximate surface area is 111 Å². The van der Waals surface area contributed by atoms with Crippen LogP contribution in [0.1, 0.15) is 0 Å². The molecule has 1 aliphatic rings. The van der Waals surface area contributed by atoms with Crippen molar-refractivity contribution < 1.29 is 9.47 Å². The second-order valence-electron chi connectivity index (χ2n) is 3.49. The number of fused-ring (bicyclic) bond motifs is 1. The van der Waals surface area contributed by atoms with Crippen molar-refractivity contribution in [1.82, 2.24) is 9.97 Å². The average Bonchev–Trinajstić information content (AvgIpc) is 2.76. The lowest BCUT2D eigenvalue weighted by Crippen LogP contribution is -1.98. The summed E-state index contributed by atoms with van der Waals surface area (Å²) >= 11 is 2.13. The summed E-state index contributed by atoms with van der Waals surface area (Å²) in [6.07, 6.45) is 1.45. The summed E-state index contributed by atoms with van der Waals surface area (Å²) in [5, 5.41) is 0. The van der Waals surface area contributed by atoms with Gasteiger partial charge in [0.2, 0.25) is 6.79 Å². The van der Waals surface area contributed by atoms with Crippen molar-refractivity contribution in [3.63, 3.8) is 0 Å². The van der Waals surface area contributed by atoms with Gasteiger partial charge < -0.3 is 15.2 Å². The lowest BCUT2D eigenvalue weighted by Gasteiger charge is -2.07. The van der Waals surface area contributed by atoms with E-state index in [1.165, 1.54) is 6.33 Å². The molecule has 0 atom stereocenters. The Hall–Kier alpha value is -1.57. The number of hydrogen-bond donors (Lipinski definition) is 1. The van der Waals surface area contributed by atoms with Gasteiger partial charge in [-0.3, -0.25) is 0 Å². The zero-order valence-electron chi connectivity index (χ0n) is 8.68. The fraction of sp³-hybridized carbons (Fsp3) is 0.0909.